The maximum atomic E-state index is 5.80. The Morgan fingerprint density at radius 3 is 1.13 bits per heavy atom. The maximum absolute atomic E-state index is 5.80. The van der Waals surface area contributed by atoms with Crippen molar-refractivity contribution in [3.8, 4) is 56.7 Å². The standard InChI is InChI=1S/C79H69N5S2/c1-76(2,3)49-39-47(40-50(44-49)77(4,5)6)73-80-74(48-41-51(78(7,8)9)45-52(42-48)79(10,11)12)82-75(81-73)60-43-46(33-36-64(60)84-63-30-20-15-27-59(63)70-66(84)38-35-57-55-25-17-22-32-68(55)86-72(57)70)53-23-13-18-28-61(53)83-62-29-19-14-26-58(62)69-65(83)37-34-56-54-24-16-21-31-67(54)85-71(56)69/h13-45H,1-12H3. The first-order chi connectivity index (χ1) is 41.2. The zero-order chi connectivity index (χ0) is 59.3. The molecule has 0 spiro atoms. The summed E-state index contributed by atoms with van der Waals surface area (Å²) < 4.78 is 10.2. The summed E-state index contributed by atoms with van der Waals surface area (Å²) in [7, 11) is 0. The second kappa shape index (κ2) is 19.4. The van der Waals surface area contributed by atoms with Gasteiger partial charge in [0, 0.05) is 84.1 Å². The van der Waals surface area contributed by atoms with Gasteiger partial charge in [-0.05, 0) is 128 Å². The minimum Gasteiger partial charge on any atom is -0.309 e. The number of thiophene rings is 2. The van der Waals surface area contributed by atoms with Gasteiger partial charge in [0.1, 0.15) is 0 Å². The molecule has 0 amide bonds. The minimum atomic E-state index is -0.136. The van der Waals surface area contributed by atoms with Crippen molar-refractivity contribution in [1.82, 2.24) is 24.1 Å². The van der Waals surface area contributed by atoms with E-state index in [-0.39, 0.29) is 21.7 Å². The van der Waals surface area contributed by atoms with Crippen LogP contribution in [-0.4, -0.2) is 24.1 Å². The highest BCUT2D eigenvalue weighted by molar-refractivity contribution is 7.27. The Bertz CT molecular complexity index is 5130. The SMILES string of the molecule is CC(C)(C)c1cc(-c2nc(-c3cc(C(C)(C)C)cc(C(C)(C)C)c3)nc(-c3cc(-c4ccccc4-n4c5ccccc5c5c6sc7ccccc7c6ccc54)ccc3-n3c4ccccc4c4c5sc6ccccc6c5ccc43)n2)cc(C(C)(C)C)c1. The Morgan fingerprint density at radius 2 is 0.674 bits per heavy atom. The molecule has 0 unspecified atom stereocenters. The molecule has 7 heteroatoms. The number of fused-ring (bicyclic) bond motifs is 14. The molecule has 0 saturated heterocycles. The highest BCUT2D eigenvalue weighted by Crippen LogP contribution is 2.48. The van der Waals surface area contributed by atoms with Crippen molar-refractivity contribution < 1.29 is 0 Å². The lowest BCUT2D eigenvalue weighted by atomic mass is 9.79. The van der Waals surface area contributed by atoms with Crippen LogP contribution in [0, 0.1) is 0 Å². The Labute approximate surface area is 511 Å². The molecule has 10 aromatic carbocycles. The van der Waals surface area contributed by atoms with Crippen LogP contribution in [0.3, 0.4) is 0 Å². The third-order valence-electron chi connectivity index (χ3n) is 17.8. The first-order valence-corrected chi connectivity index (χ1v) is 31.8. The van der Waals surface area contributed by atoms with E-state index in [9.17, 15) is 0 Å². The number of rotatable bonds is 6. The number of para-hydroxylation sites is 3. The van der Waals surface area contributed by atoms with Gasteiger partial charge in [-0.15, -0.1) is 22.7 Å². The highest BCUT2D eigenvalue weighted by atomic mass is 32.1. The quantitative estimate of drug-likeness (QED) is 0.167. The topological polar surface area (TPSA) is 48.5 Å². The predicted octanol–water partition coefficient (Wildman–Crippen LogP) is 22.7. The lowest BCUT2D eigenvalue weighted by Gasteiger charge is -2.26. The van der Waals surface area contributed by atoms with Crippen LogP contribution in [0.4, 0.5) is 0 Å². The smallest absolute Gasteiger partial charge is 0.166 e. The van der Waals surface area contributed by atoms with Gasteiger partial charge in [0.2, 0.25) is 0 Å². The summed E-state index contributed by atoms with van der Waals surface area (Å²) in [6.45, 7) is 27.6. The molecule has 0 aliphatic heterocycles. The fourth-order valence-corrected chi connectivity index (χ4v) is 15.5. The van der Waals surface area contributed by atoms with E-state index in [1.807, 2.05) is 22.7 Å². The average Bonchev–Trinajstić information content (AvgIpc) is 1.56. The first kappa shape index (κ1) is 53.9. The van der Waals surface area contributed by atoms with Crippen LogP contribution in [-0.2, 0) is 21.7 Å². The van der Waals surface area contributed by atoms with E-state index < -0.39 is 0 Å². The Hall–Kier alpha value is -8.75. The molecular formula is C79H69N5S2. The van der Waals surface area contributed by atoms with Crippen molar-refractivity contribution in [2.75, 3.05) is 0 Å². The molecule has 15 aromatic rings. The predicted molar refractivity (Wildman–Crippen MR) is 371 cm³/mol. The normalized spacial score (nSPS) is 12.9. The zero-order valence-corrected chi connectivity index (χ0v) is 52.7. The van der Waals surface area contributed by atoms with Crippen molar-refractivity contribution in [2.45, 2.75) is 105 Å². The Kier molecular flexibility index (Phi) is 12.2. The molecular weight excluding hydrogens is 1080 g/mol. The molecule has 86 heavy (non-hydrogen) atoms. The van der Waals surface area contributed by atoms with E-state index >= 15 is 0 Å². The van der Waals surface area contributed by atoms with Crippen LogP contribution < -0.4 is 0 Å². The van der Waals surface area contributed by atoms with Gasteiger partial charge in [-0.25, -0.2) is 15.0 Å². The third kappa shape index (κ3) is 8.79. The molecule has 0 fully saturated rings. The average molecular weight is 1150 g/mol. The molecule has 0 aliphatic carbocycles. The summed E-state index contributed by atoms with van der Waals surface area (Å²) >= 11 is 3.77. The molecule has 0 atom stereocenters. The molecule has 0 saturated carbocycles. The lowest BCUT2D eigenvalue weighted by molar-refractivity contribution is 0.568. The molecule has 5 aromatic heterocycles. The number of benzene rings is 10. The van der Waals surface area contributed by atoms with Gasteiger partial charge in [-0.2, -0.15) is 0 Å². The Balaban J connectivity index is 1.05. The summed E-state index contributed by atoms with van der Waals surface area (Å²) in [5.41, 5.74) is 16.1. The lowest BCUT2D eigenvalue weighted by Crippen LogP contribution is -2.17. The number of aromatic nitrogens is 5. The van der Waals surface area contributed by atoms with Crippen molar-refractivity contribution in [3.63, 3.8) is 0 Å². The zero-order valence-electron chi connectivity index (χ0n) is 51.1. The van der Waals surface area contributed by atoms with E-state index in [0.717, 1.165) is 50.2 Å². The Morgan fingerprint density at radius 1 is 0.291 bits per heavy atom. The summed E-state index contributed by atoms with van der Waals surface area (Å²) in [6.07, 6.45) is 0. The molecule has 0 radical (unpaired) electrons. The summed E-state index contributed by atoms with van der Waals surface area (Å²) in [4.78, 5) is 17.2. The van der Waals surface area contributed by atoms with Gasteiger partial charge in [0.25, 0.3) is 0 Å². The van der Waals surface area contributed by atoms with Crippen molar-refractivity contribution in [3.05, 3.63) is 222 Å². The second-order valence-corrected chi connectivity index (χ2v) is 29.8. The fourth-order valence-electron chi connectivity index (χ4n) is 13.0. The van der Waals surface area contributed by atoms with Gasteiger partial charge in [0.15, 0.2) is 17.5 Å². The molecule has 5 heterocycles. The van der Waals surface area contributed by atoms with E-state index in [0.29, 0.717) is 17.5 Å². The highest BCUT2D eigenvalue weighted by Gasteiger charge is 2.28. The van der Waals surface area contributed by atoms with Crippen LogP contribution in [0.15, 0.2) is 200 Å². The van der Waals surface area contributed by atoms with E-state index in [4.69, 9.17) is 15.0 Å². The van der Waals surface area contributed by atoms with Crippen LogP contribution in [0.5, 0.6) is 0 Å². The molecule has 422 valence electrons. The van der Waals surface area contributed by atoms with Crippen LogP contribution in [0.1, 0.15) is 105 Å². The van der Waals surface area contributed by atoms with Crippen LogP contribution >= 0.6 is 22.7 Å². The van der Waals surface area contributed by atoms with E-state index in [2.05, 4.69) is 292 Å². The van der Waals surface area contributed by atoms with Gasteiger partial charge < -0.3 is 9.13 Å². The summed E-state index contributed by atoms with van der Waals surface area (Å²) in [5.74, 6) is 1.89. The molecule has 5 nitrogen and oxygen atoms in total. The van der Waals surface area contributed by atoms with E-state index in [1.165, 1.54) is 95.2 Å². The first-order valence-electron chi connectivity index (χ1n) is 30.2. The number of hydrogen-bond acceptors (Lipinski definition) is 5. The maximum Gasteiger partial charge on any atom is 0.166 e. The van der Waals surface area contributed by atoms with Crippen molar-refractivity contribution in [1.29, 1.82) is 0 Å². The third-order valence-corrected chi connectivity index (χ3v) is 20.2. The summed E-state index contributed by atoms with van der Waals surface area (Å²) in [5, 5.41) is 10.1. The number of nitrogens with zero attached hydrogens (tertiary/aromatic N) is 5. The van der Waals surface area contributed by atoms with Crippen LogP contribution in [0.25, 0.3) is 141 Å². The van der Waals surface area contributed by atoms with Gasteiger partial charge >= 0.3 is 0 Å². The molecule has 0 bridgehead atoms. The largest absolute Gasteiger partial charge is 0.309 e. The minimum absolute atomic E-state index is 0.136. The fraction of sp³-hybridized carbons (Fsp3) is 0.203. The monoisotopic (exact) mass is 1150 g/mol. The van der Waals surface area contributed by atoms with Crippen LogP contribution in [0.2, 0.25) is 0 Å². The van der Waals surface area contributed by atoms with Gasteiger partial charge in [0.05, 0.1) is 33.4 Å². The molecule has 0 N–H and O–H groups in total. The second-order valence-electron chi connectivity index (χ2n) is 27.7. The van der Waals surface area contributed by atoms with Crippen molar-refractivity contribution in [2.24, 2.45) is 0 Å². The summed E-state index contributed by atoms with van der Waals surface area (Å²) in [6, 6.07) is 74.8. The van der Waals surface area contributed by atoms with Gasteiger partial charge in [-0.3, -0.25) is 0 Å². The molecule has 15 rings (SSSR count). The van der Waals surface area contributed by atoms with Crippen molar-refractivity contribution >= 4 is 107 Å². The van der Waals surface area contributed by atoms with Gasteiger partial charge in [-0.1, -0.05) is 204 Å². The van der Waals surface area contributed by atoms with E-state index in [1.54, 1.807) is 0 Å². The number of hydrogen-bond donors (Lipinski definition) is 0. The molecule has 0 aliphatic rings.